The molecule has 0 aliphatic carbocycles. The summed E-state index contributed by atoms with van der Waals surface area (Å²) in [4.78, 5) is 33.1. The third kappa shape index (κ3) is 5.91. The molecule has 1 aromatic heterocycles. The maximum absolute atomic E-state index is 14.2. The lowest BCUT2D eigenvalue weighted by atomic mass is 9.86. The zero-order valence-corrected chi connectivity index (χ0v) is 21.8. The summed E-state index contributed by atoms with van der Waals surface area (Å²) < 4.78 is 11.6. The summed E-state index contributed by atoms with van der Waals surface area (Å²) in [5, 5.41) is 3.33. The number of piperidine rings is 1. The first-order valence-corrected chi connectivity index (χ1v) is 12.4. The van der Waals surface area contributed by atoms with Crippen molar-refractivity contribution in [2.75, 3.05) is 30.8 Å². The molecule has 194 valence electrons. The molecule has 2 amide bonds. The predicted molar refractivity (Wildman–Crippen MR) is 144 cm³/mol. The van der Waals surface area contributed by atoms with Gasteiger partial charge in [0.25, 0.3) is 11.8 Å². The fraction of sp³-hybridized carbons (Fsp3) is 0.345. The number of anilines is 2. The largest absolute Gasteiger partial charge is 0.497 e. The molecule has 4 rings (SSSR count). The van der Waals surface area contributed by atoms with Crippen LogP contribution >= 0.6 is 0 Å². The molecule has 1 aliphatic rings. The minimum absolute atomic E-state index is 0.0304. The highest BCUT2D eigenvalue weighted by molar-refractivity contribution is 6.27. The molecule has 0 radical (unpaired) electrons. The van der Waals surface area contributed by atoms with E-state index in [-0.39, 0.29) is 28.5 Å². The normalized spacial score (nSPS) is 14.2. The second-order valence-corrected chi connectivity index (χ2v) is 10.1. The van der Waals surface area contributed by atoms with E-state index in [1.54, 1.807) is 43.5 Å². The van der Waals surface area contributed by atoms with Gasteiger partial charge in [0, 0.05) is 11.8 Å². The van der Waals surface area contributed by atoms with Gasteiger partial charge in [0.05, 0.1) is 30.2 Å². The molecular weight excluding hydrogens is 468 g/mol. The smallest absolute Gasteiger partial charge is 0.269 e. The molecule has 0 bridgehead atoms. The van der Waals surface area contributed by atoms with E-state index in [9.17, 15) is 9.59 Å². The van der Waals surface area contributed by atoms with Crippen LogP contribution in [0.5, 0.6) is 11.5 Å². The number of carbonyl (C=O) groups is 2. The van der Waals surface area contributed by atoms with E-state index < -0.39 is 11.8 Å². The van der Waals surface area contributed by atoms with Crippen LogP contribution in [0.25, 0.3) is 0 Å². The number of hydrogen-bond donors (Lipinski definition) is 2. The van der Waals surface area contributed by atoms with Crippen LogP contribution in [-0.4, -0.2) is 43.1 Å². The topological polar surface area (TPSA) is 107 Å². The Kier molecular flexibility index (Phi) is 7.78. The second kappa shape index (κ2) is 11.0. The summed E-state index contributed by atoms with van der Waals surface area (Å²) >= 11 is 0. The van der Waals surface area contributed by atoms with Crippen molar-refractivity contribution in [2.24, 2.45) is 0 Å². The zero-order chi connectivity index (χ0) is 26.6. The van der Waals surface area contributed by atoms with Gasteiger partial charge in [-0.15, -0.1) is 0 Å². The van der Waals surface area contributed by atoms with Crippen molar-refractivity contribution in [2.45, 2.75) is 45.1 Å². The van der Waals surface area contributed by atoms with Gasteiger partial charge in [-0.25, -0.2) is 4.90 Å². The maximum atomic E-state index is 14.2. The summed E-state index contributed by atoms with van der Waals surface area (Å²) in [7, 11) is 1.55. The summed E-state index contributed by atoms with van der Waals surface area (Å²) in [6.07, 6.45) is 4.57. The van der Waals surface area contributed by atoms with Gasteiger partial charge in [-0.2, -0.15) is 0 Å². The van der Waals surface area contributed by atoms with Gasteiger partial charge in [-0.3, -0.25) is 14.6 Å². The maximum Gasteiger partial charge on any atom is 0.269 e. The molecular formula is C29H34N4O4. The number of nitrogens with one attached hydrogen (secondary N) is 1. The van der Waals surface area contributed by atoms with Crippen molar-refractivity contribution in [3.05, 3.63) is 77.6 Å². The van der Waals surface area contributed by atoms with Crippen LogP contribution in [0, 0.1) is 0 Å². The lowest BCUT2D eigenvalue weighted by molar-refractivity contribution is 0.0892. The van der Waals surface area contributed by atoms with Crippen LogP contribution in [0.1, 0.15) is 59.9 Å². The lowest BCUT2D eigenvalue weighted by Crippen LogP contribution is -2.39. The molecule has 1 saturated heterocycles. The summed E-state index contributed by atoms with van der Waals surface area (Å²) in [5.74, 6) is -0.00459. The molecule has 1 fully saturated rings. The molecule has 0 atom stereocenters. The summed E-state index contributed by atoms with van der Waals surface area (Å²) in [6, 6.07) is 13.7. The molecule has 3 aromatic rings. The molecule has 1 aliphatic heterocycles. The average Bonchev–Trinajstić information content (AvgIpc) is 2.90. The molecule has 0 unspecified atom stereocenters. The first-order valence-electron chi connectivity index (χ1n) is 12.4. The minimum atomic E-state index is -0.537. The number of ether oxygens (including phenoxy) is 2. The number of methoxy groups -OCH3 is 1. The Labute approximate surface area is 217 Å². The quantitative estimate of drug-likeness (QED) is 0.475. The van der Waals surface area contributed by atoms with Crippen LogP contribution in [0.4, 0.5) is 11.4 Å². The summed E-state index contributed by atoms with van der Waals surface area (Å²) in [6.45, 7) is 8.01. The van der Waals surface area contributed by atoms with Gasteiger partial charge in [0.1, 0.15) is 17.6 Å². The highest BCUT2D eigenvalue weighted by Gasteiger charge is 2.31. The lowest BCUT2D eigenvalue weighted by Gasteiger charge is -2.28. The van der Waals surface area contributed by atoms with Gasteiger partial charge in [-0.1, -0.05) is 26.8 Å². The summed E-state index contributed by atoms with van der Waals surface area (Å²) in [5.41, 5.74) is 8.17. The van der Waals surface area contributed by atoms with Crippen LogP contribution in [0.3, 0.4) is 0 Å². The molecule has 2 heterocycles. The van der Waals surface area contributed by atoms with Crippen molar-refractivity contribution in [3.8, 4) is 11.5 Å². The molecule has 8 heteroatoms. The zero-order valence-electron chi connectivity index (χ0n) is 21.8. The third-order valence-corrected chi connectivity index (χ3v) is 6.47. The number of nitrogens with zero attached hydrogens (tertiary/aromatic N) is 2. The standard InChI is InChI=1S/C29H34N4O4/c1-29(2,3)20-7-10-23(26(17-20)37-22-11-14-31-15-12-22)28(35)33(25-18-32-16-13-24(25)30)27(34)19-5-8-21(36-4)9-6-19/h5-10,13,16-18,22,31H,11-12,14-15H2,1-4H3,(H2,30,32). The van der Waals surface area contributed by atoms with Crippen molar-refractivity contribution >= 4 is 23.2 Å². The number of aromatic nitrogens is 1. The van der Waals surface area contributed by atoms with Crippen LogP contribution < -0.4 is 25.4 Å². The first kappa shape index (κ1) is 26.2. The molecule has 3 N–H and O–H groups in total. The SMILES string of the molecule is COc1ccc(C(=O)N(C(=O)c2ccc(C(C)(C)C)cc2OC2CCNCC2)c2cnccc2N)cc1. The van der Waals surface area contributed by atoms with E-state index in [1.165, 1.54) is 12.4 Å². The molecule has 0 saturated carbocycles. The van der Waals surface area contributed by atoms with Crippen molar-refractivity contribution in [1.82, 2.24) is 10.3 Å². The Morgan fingerprint density at radius 1 is 1.03 bits per heavy atom. The Morgan fingerprint density at radius 2 is 1.73 bits per heavy atom. The first-order chi connectivity index (χ1) is 17.7. The number of nitrogen functional groups attached to an aromatic ring is 1. The second-order valence-electron chi connectivity index (χ2n) is 10.1. The fourth-order valence-corrected chi connectivity index (χ4v) is 4.23. The number of carbonyl (C=O) groups excluding carboxylic acids is 2. The third-order valence-electron chi connectivity index (χ3n) is 6.47. The number of amides is 2. The van der Waals surface area contributed by atoms with Gasteiger partial charge < -0.3 is 20.5 Å². The minimum Gasteiger partial charge on any atom is -0.497 e. The number of hydrogen-bond acceptors (Lipinski definition) is 7. The van der Waals surface area contributed by atoms with E-state index in [0.29, 0.717) is 17.1 Å². The van der Waals surface area contributed by atoms with Gasteiger partial charge >= 0.3 is 0 Å². The Bertz CT molecular complexity index is 1260. The van der Waals surface area contributed by atoms with Gasteiger partial charge in [-0.05, 0) is 79.4 Å². The van der Waals surface area contributed by atoms with Crippen molar-refractivity contribution in [3.63, 3.8) is 0 Å². The number of nitrogens with two attached hydrogens (primary N) is 1. The Morgan fingerprint density at radius 3 is 2.35 bits per heavy atom. The van der Waals surface area contributed by atoms with E-state index in [2.05, 4.69) is 31.1 Å². The number of benzene rings is 2. The van der Waals surface area contributed by atoms with Crippen LogP contribution in [0.15, 0.2) is 60.9 Å². The van der Waals surface area contributed by atoms with Gasteiger partial charge in [0.2, 0.25) is 0 Å². The highest BCUT2D eigenvalue weighted by atomic mass is 16.5. The Hall–Kier alpha value is -3.91. The van der Waals surface area contributed by atoms with E-state index in [4.69, 9.17) is 15.2 Å². The van der Waals surface area contributed by atoms with Crippen LogP contribution in [-0.2, 0) is 5.41 Å². The molecule has 0 spiro atoms. The fourth-order valence-electron chi connectivity index (χ4n) is 4.23. The number of imide groups is 1. The highest BCUT2D eigenvalue weighted by Crippen LogP contribution is 2.33. The van der Waals surface area contributed by atoms with Gasteiger partial charge in [0.15, 0.2) is 0 Å². The number of rotatable bonds is 6. The van der Waals surface area contributed by atoms with E-state index >= 15 is 0 Å². The molecule has 37 heavy (non-hydrogen) atoms. The Balaban J connectivity index is 1.80. The molecule has 2 aromatic carbocycles. The predicted octanol–water partition coefficient (Wildman–Crippen LogP) is 4.59. The van der Waals surface area contributed by atoms with Crippen molar-refractivity contribution in [1.29, 1.82) is 0 Å². The number of pyridine rings is 1. The average molecular weight is 503 g/mol. The van der Waals surface area contributed by atoms with E-state index in [1.807, 2.05) is 12.1 Å². The van der Waals surface area contributed by atoms with Crippen LogP contribution in [0.2, 0.25) is 0 Å². The molecule has 8 nitrogen and oxygen atoms in total. The van der Waals surface area contributed by atoms with E-state index in [0.717, 1.165) is 36.4 Å². The monoisotopic (exact) mass is 502 g/mol. The van der Waals surface area contributed by atoms with Crippen molar-refractivity contribution < 1.29 is 19.1 Å².